The summed E-state index contributed by atoms with van der Waals surface area (Å²) in [5.74, 6) is 0. The SMILES string of the molecule is CN(C(=O)Nc1ccc(Cl)c(C(F)(F)F)c1)c1ccc(Cl)c(Cl)c1. The van der Waals surface area contributed by atoms with Crippen LogP contribution in [0.5, 0.6) is 0 Å². The first-order chi connectivity index (χ1) is 11.1. The summed E-state index contributed by atoms with van der Waals surface area (Å²) in [5, 5.41) is 2.49. The molecule has 2 rings (SSSR count). The van der Waals surface area contributed by atoms with Crippen LogP contribution in [-0.2, 0) is 6.18 Å². The van der Waals surface area contributed by atoms with E-state index in [9.17, 15) is 18.0 Å². The van der Waals surface area contributed by atoms with Crippen LogP contribution >= 0.6 is 34.8 Å². The van der Waals surface area contributed by atoms with Crippen molar-refractivity contribution in [1.29, 1.82) is 0 Å². The number of anilines is 2. The molecule has 0 heterocycles. The van der Waals surface area contributed by atoms with Gasteiger partial charge in [0, 0.05) is 18.4 Å². The number of nitrogens with zero attached hydrogens (tertiary/aromatic N) is 1. The summed E-state index contributed by atoms with van der Waals surface area (Å²) < 4.78 is 38.5. The summed E-state index contributed by atoms with van der Waals surface area (Å²) in [5.41, 5.74) is -0.644. The highest BCUT2D eigenvalue weighted by atomic mass is 35.5. The molecule has 0 aliphatic heterocycles. The van der Waals surface area contributed by atoms with Gasteiger partial charge in [0.25, 0.3) is 0 Å². The Balaban J connectivity index is 2.21. The van der Waals surface area contributed by atoms with Crippen LogP contribution in [0.25, 0.3) is 0 Å². The molecular weight excluding hydrogens is 388 g/mol. The number of rotatable bonds is 2. The Morgan fingerprint density at radius 1 is 1.00 bits per heavy atom. The monoisotopic (exact) mass is 396 g/mol. The van der Waals surface area contributed by atoms with Crippen molar-refractivity contribution in [2.24, 2.45) is 0 Å². The van der Waals surface area contributed by atoms with Crippen molar-refractivity contribution in [3.63, 3.8) is 0 Å². The summed E-state index contributed by atoms with van der Waals surface area (Å²) in [6.45, 7) is 0. The van der Waals surface area contributed by atoms with Crippen LogP contribution in [0, 0.1) is 0 Å². The molecule has 3 nitrogen and oxygen atoms in total. The van der Waals surface area contributed by atoms with E-state index in [0.29, 0.717) is 10.7 Å². The van der Waals surface area contributed by atoms with Gasteiger partial charge >= 0.3 is 12.2 Å². The fourth-order valence-corrected chi connectivity index (χ4v) is 2.36. The Bertz CT molecular complexity index is 781. The summed E-state index contributed by atoms with van der Waals surface area (Å²) in [4.78, 5) is 13.4. The molecule has 0 radical (unpaired) electrons. The zero-order chi connectivity index (χ0) is 18.1. The van der Waals surface area contributed by atoms with Crippen molar-refractivity contribution in [2.75, 3.05) is 17.3 Å². The molecule has 0 atom stereocenters. The van der Waals surface area contributed by atoms with Gasteiger partial charge in [0.2, 0.25) is 0 Å². The van der Waals surface area contributed by atoms with Gasteiger partial charge < -0.3 is 5.32 Å². The number of hydrogen-bond donors (Lipinski definition) is 1. The minimum atomic E-state index is -4.62. The number of alkyl halides is 3. The second-order valence-corrected chi connectivity index (χ2v) is 6.00. The molecule has 0 fully saturated rings. The van der Waals surface area contributed by atoms with E-state index in [0.717, 1.165) is 12.1 Å². The number of carbonyl (C=O) groups is 1. The van der Waals surface area contributed by atoms with E-state index in [1.165, 1.54) is 30.1 Å². The Hall–Kier alpha value is -1.63. The molecule has 0 unspecified atom stereocenters. The smallest absolute Gasteiger partial charge is 0.308 e. The number of hydrogen-bond acceptors (Lipinski definition) is 1. The average molecular weight is 398 g/mol. The Morgan fingerprint density at radius 3 is 2.21 bits per heavy atom. The van der Waals surface area contributed by atoms with Crippen LogP contribution in [0.4, 0.5) is 29.3 Å². The molecule has 0 spiro atoms. The van der Waals surface area contributed by atoms with Crippen LogP contribution in [0.15, 0.2) is 36.4 Å². The van der Waals surface area contributed by atoms with Crippen LogP contribution in [-0.4, -0.2) is 13.1 Å². The zero-order valence-corrected chi connectivity index (χ0v) is 14.4. The summed E-state index contributed by atoms with van der Waals surface area (Å²) in [7, 11) is 1.44. The maximum atomic E-state index is 12.8. The van der Waals surface area contributed by atoms with Crippen molar-refractivity contribution < 1.29 is 18.0 Å². The van der Waals surface area contributed by atoms with Gasteiger partial charge in [-0.1, -0.05) is 34.8 Å². The largest absolute Gasteiger partial charge is 0.417 e. The molecule has 0 aliphatic rings. The predicted molar refractivity (Wildman–Crippen MR) is 90.3 cm³/mol. The van der Waals surface area contributed by atoms with Crippen LogP contribution < -0.4 is 10.2 Å². The van der Waals surface area contributed by atoms with Gasteiger partial charge in [-0.25, -0.2) is 4.79 Å². The molecule has 9 heteroatoms. The van der Waals surface area contributed by atoms with Gasteiger partial charge in [0.15, 0.2) is 0 Å². The first kappa shape index (κ1) is 18.7. The van der Waals surface area contributed by atoms with Gasteiger partial charge in [-0.15, -0.1) is 0 Å². The molecule has 0 saturated carbocycles. The number of benzene rings is 2. The number of halogens is 6. The molecule has 0 aliphatic carbocycles. The Morgan fingerprint density at radius 2 is 1.62 bits per heavy atom. The quantitative estimate of drug-likeness (QED) is 0.630. The van der Waals surface area contributed by atoms with E-state index in [4.69, 9.17) is 34.8 Å². The summed E-state index contributed by atoms with van der Waals surface area (Å²) >= 11 is 17.2. The lowest BCUT2D eigenvalue weighted by molar-refractivity contribution is -0.137. The van der Waals surface area contributed by atoms with E-state index in [-0.39, 0.29) is 10.7 Å². The van der Waals surface area contributed by atoms with E-state index in [2.05, 4.69) is 5.32 Å². The number of nitrogens with one attached hydrogen (secondary N) is 1. The average Bonchev–Trinajstić information content (AvgIpc) is 2.50. The highest BCUT2D eigenvalue weighted by molar-refractivity contribution is 6.42. The number of carbonyl (C=O) groups excluding carboxylic acids is 1. The highest BCUT2D eigenvalue weighted by Gasteiger charge is 2.33. The Labute approximate surface area is 150 Å². The minimum Gasteiger partial charge on any atom is -0.308 e. The first-order valence-corrected chi connectivity index (χ1v) is 7.59. The molecule has 0 aromatic heterocycles. The molecule has 1 N–H and O–H groups in total. The standard InChI is InChI=1S/C15H10Cl3F3N2O/c1-23(9-3-5-12(17)13(18)7-9)14(24)22-8-2-4-11(16)10(6-8)15(19,20)21/h2-7H,1H3,(H,22,24). The summed E-state index contributed by atoms with van der Waals surface area (Å²) in [6, 6.07) is 6.99. The van der Waals surface area contributed by atoms with Crippen LogP contribution in [0.2, 0.25) is 15.1 Å². The van der Waals surface area contributed by atoms with Gasteiger partial charge in [-0.2, -0.15) is 13.2 Å². The van der Waals surface area contributed by atoms with Crippen molar-refractivity contribution in [3.05, 3.63) is 57.0 Å². The zero-order valence-electron chi connectivity index (χ0n) is 12.1. The summed E-state index contributed by atoms with van der Waals surface area (Å²) in [6.07, 6.45) is -4.62. The second kappa shape index (κ2) is 7.09. The van der Waals surface area contributed by atoms with Crippen LogP contribution in [0.1, 0.15) is 5.56 Å². The van der Waals surface area contributed by atoms with Crippen molar-refractivity contribution in [2.45, 2.75) is 6.18 Å². The molecule has 0 saturated heterocycles. The molecule has 0 bridgehead atoms. The van der Waals surface area contributed by atoms with Crippen LogP contribution in [0.3, 0.4) is 0 Å². The maximum absolute atomic E-state index is 12.8. The fourth-order valence-electron chi connectivity index (χ4n) is 1.84. The van der Waals surface area contributed by atoms with Gasteiger partial charge in [0.05, 0.1) is 20.6 Å². The molecule has 2 amide bonds. The first-order valence-electron chi connectivity index (χ1n) is 6.46. The topological polar surface area (TPSA) is 32.3 Å². The molecular formula is C15H10Cl3F3N2O. The van der Waals surface area contributed by atoms with E-state index in [1.54, 1.807) is 6.07 Å². The highest BCUT2D eigenvalue weighted by Crippen LogP contribution is 2.36. The predicted octanol–water partition coefficient (Wildman–Crippen LogP) is 6.33. The lowest BCUT2D eigenvalue weighted by atomic mass is 10.2. The maximum Gasteiger partial charge on any atom is 0.417 e. The van der Waals surface area contributed by atoms with E-state index < -0.39 is 22.8 Å². The lowest BCUT2D eigenvalue weighted by Crippen LogP contribution is -2.31. The van der Waals surface area contributed by atoms with Crippen molar-refractivity contribution in [3.8, 4) is 0 Å². The molecule has 24 heavy (non-hydrogen) atoms. The van der Waals surface area contributed by atoms with E-state index in [1.807, 2.05) is 0 Å². The van der Waals surface area contributed by atoms with Gasteiger partial charge in [-0.05, 0) is 36.4 Å². The van der Waals surface area contributed by atoms with E-state index >= 15 is 0 Å². The third-order valence-electron chi connectivity index (χ3n) is 3.12. The van der Waals surface area contributed by atoms with Crippen molar-refractivity contribution >= 4 is 52.2 Å². The minimum absolute atomic E-state index is 0.0383. The normalized spacial score (nSPS) is 11.3. The number of urea groups is 1. The fraction of sp³-hybridized carbons (Fsp3) is 0.133. The Kier molecular flexibility index (Phi) is 5.52. The third kappa shape index (κ3) is 4.26. The second-order valence-electron chi connectivity index (χ2n) is 4.78. The van der Waals surface area contributed by atoms with Gasteiger partial charge in [0.1, 0.15) is 0 Å². The third-order valence-corrected chi connectivity index (χ3v) is 4.19. The lowest BCUT2D eigenvalue weighted by Gasteiger charge is -2.19. The molecule has 128 valence electrons. The van der Waals surface area contributed by atoms with Gasteiger partial charge in [-0.3, -0.25) is 4.90 Å². The molecule has 2 aromatic carbocycles. The molecule has 2 aromatic rings. The van der Waals surface area contributed by atoms with Crippen molar-refractivity contribution in [1.82, 2.24) is 0 Å². The number of amides is 2.